The number of para-hydroxylation sites is 1. The lowest BCUT2D eigenvalue weighted by Crippen LogP contribution is -2.07. The molecule has 3 aromatic rings. The smallest absolute Gasteiger partial charge is 0.184 e. The van der Waals surface area contributed by atoms with Crippen LogP contribution in [-0.4, -0.2) is 20.2 Å². The van der Waals surface area contributed by atoms with Crippen LogP contribution in [0, 0.1) is 0 Å². The molecule has 0 spiro atoms. The highest BCUT2D eigenvalue weighted by atomic mass is 32.1. The van der Waals surface area contributed by atoms with E-state index in [1.807, 2.05) is 25.1 Å². The quantitative estimate of drug-likeness (QED) is 0.744. The van der Waals surface area contributed by atoms with Crippen molar-refractivity contribution in [2.45, 2.75) is 13.0 Å². The van der Waals surface area contributed by atoms with E-state index < -0.39 is 0 Å². The Balaban J connectivity index is 1.85. The summed E-state index contributed by atoms with van der Waals surface area (Å²) in [5.74, 6) is 0.809. The third kappa shape index (κ3) is 1.99. The number of aromatic amines is 1. The predicted molar refractivity (Wildman–Crippen MR) is 68.0 cm³/mol. The number of rotatable bonds is 3. The Morgan fingerprint density at radius 1 is 1.35 bits per heavy atom. The summed E-state index contributed by atoms with van der Waals surface area (Å²) in [6.45, 7) is 2.02. The Hall–Kier alpha value is -1.95. The fourth-order valence-electron chi connectivity index (χ4n) is 1.61. The molecule has 6 heteroatoms. The molecule has 1 atom stereocenters. The highest BCUT2D eigenvalue weighted by Gasteiger charge is 2.10. The lowest BCUT2D eigenvalue weighted by atomic mass is 10.3. The van der Waals surface area contributed by atoms with E-state index >= 15 is 0 Å². The topological polar surface area (TPSA) is 66.5 Å². The zero-order chi connectivity index (χ0) is 11.7. The number of nitrogens with one attached hydrogen (secondary N) is 2. The molecule has 0 aliphatic carbocycles. The van der Waals surface area contributed by atoms with Crippen molar-refractivity contribution in [1.29, 1.82) is 0 Å². The molecule has 1 unspecified atom stereocenters. The maximum Gasteiger partial charge on any atom is 0.184 e. The summed E-state index contributed by atoms with van der Waals surface area (Å²) in [6.07, 6.45) is 1.51. The minimum atomic E-state index is 0.0677. The van der Waals surface area contributed by atoms with Crippen LogP contribution in [-0.2, 0) is 0 Å². The van der Waals surface area contributed by atoms with Gasteiger partial charge in [0.05, 0.1) is 16.3 Å². The first-order valence-corrected chi connectivity index (χ1v) is 6.12. The molecule has 2 aromatic heterocycles. The number of thiazole rings is 1. The molecule has 1 aromatic carbocycles. The summed E-state index contributed by atoms with van der Waals surface area (Å²) in [5, 5.41) is 10.9. The second-order valence-electron chi connectivity index (χ2n) is 3.72. The Bertz CT molecular complexity index is 583. The van der Waals surface area contributed by atoms with Crippen LogP contribution < -0.4 is 5.32 Å². The summed E-state index contributed by atoms with van der Waals surface area (Å²) in [7, 11) is 0. The summed E-state index contributed by atoms with van der Waals surface area (Å²) in [6, 6.07) is 8.15. The summed E-state index contributed by atoms with van der Waals surface area (Å²) in [4.78, 5) is 8.62. The molecule has 0 saturated carbocycles. The van der Waals surface area contributed by atoms with Crippen LogP contribution in [0.25, 0.3) is 10.2 Å². The van der Waals surface area contributed by atoms with Gasteiger partial charge in [-0.2, -0.15) is 5.10 Å². The number of H-pyrrole nitrogens is 1. The SMILES string of the molecule is CC(Nc1nc2ccccc2s1)c1ncn[nH]1. The molecule has 0 aliphatic rings. The van der Waals surface area contributed by atoms with Crippen LogP contribution in [0.5, 0.6) is 0 Å². The molecular weight excluding hydrogens is 234 g/mol. The molecule has 3 rings (SSSR count). The molecule has 2 N–H and O–H groups in total. The number of aromatic nitrogens is 4. The van der Waals surface area contributed by atoms with E-state index in [2.05, 4.69) is 31.5 Å². The highest BCUT2D eigenvalue weighted by molar-refractivity contribution is 7.22. The van der Waals surface area contributed by atoms with Gasteiger partial charge in [-0.05, 0) is 19.1 Å². The van der Waals surface area contributed by atoms with E-state index in [9.17, 15) is 0 Å². The van der Waals surface area contributed by atoms with Gasteiger partial charge in [0, 0.05) is 0 Å². The first-order valence-electron chi connectivity index (χ1n) is 5.30. The van der Waals surface area contributed by atoms with Gasteiger partial charge in [-0.1, -0.05) is 23.5 Å². The molecule has 17 heavy (non-hydrogen) atoms. The average Bonchev–Trinajstić information content (AvgIpc) is 2.97. The molecule has 5 nitrogen and oxygen atoms in total. The van der Waals surface area contributed by atoms with Gasteiger partial charge in [0.25, 0.3) is 0 Å². The minimum absolute atomic E-state index is 0.0677. The molecule has 0 saturated heterocycles. The van der Waals surface area contributed by atoms with E-state index in [0.29, 0.717) is 0 Å². The van der Waals surface area contributed by atoms with Crippen molar-refractivity contribution in [2.24, 2.45) is 0 Å². The normalized spacial score (nSPS) is 12.8. The zero-order valence-corrected chi connectivity index (χ0v) is 10.0. The fourth-order valence-corrected chi connectivity index (χ4v) is 2.56. The monoisotopic (exact) mass is 245 g/mol. The molecular formula is C11H11N5S. The first kappa shape index (κ1) is 10.2. The highest BCUT2D eigenvalue weighted by Crippen LogP contribution is 2.27. The predicted octanol–water partition coefficient (Wildman–Crippen LogP) is 2.59. The third-order valence-corrected chi connectivity index (χ3v) is 3.45. The lowest BCUT2D eigenvalue weighted by Gasteiger charge is -2.08. The van der Waals surface area contributed by atoms with Crippen molar-refractivity contribution in [1.82, 2.24) is 20.2 Å². The average molecular weight is 245 g/mol. The number of nitrogens with zero attached hydrogens (tertiary/aromatic N) is 3. The lowest BCUT2D eigenvalue weighted by molar-refractivity contribution is 0.795. The Morgan fingerprint density at radius 2 is 2.24 bits per heavy atom. The van der Waals surface area contributed by atoms with E-state index in [1.54, 1.807) is 11.3 Å². The summed E-state index contributed by atoms with van der Waals surface area (Å²) >= 11 is 1.64. The van der Waals surface area contributed by atoms with Gasteiger partial charge in [0.1, 0.15) is 12.2 Å². The molecule has 0 amide bonds. The van der Waals surface area contributed by atoms with Gasteiger partial charge >= 0.3 is 0 Å². The second kappa shape index (κ2) is 4.14. The maximum absolute atomic E-state index is 4.51. The van der Waals surface area contributed by atoms with Crippen molar-refractivity contribution in [3.63, 3.8) is 0 Å². The van der Waals surface area contributed by atoms with Crippen LogP contribution in [0.15, 0.2) is 30.6 Å². The molecule has 2 heterocycles. The van der Waals surface area contributed by atoms with Crippen LogP contribution in [0.2, 0.25) is 0 Å². The van der Waals surface area contributed by atoms with Gasteiger partial charge in [-0.15, -0.1) is 0 Å². The molecule has 0 bridgehead atoms. The minimum Gasteiger partial charge on any atom is -0.352 e. The molecule has 0 radical (unpaired) electrons. The van der Waals surface area contributed by atoms with Crippen molar-refractivity contribution >= 4 is 26.7 Å². The first-order chi connectivity index (χ1) is 8.33. The number of hydrogen-bond donors (Lipinski definition) is 2. The standard InChI is InChI=1S/C11H11N5S/c1-7(10-12-6-13-16-10)14-11-15-8-4-2-3-5-9(8)17-11/h2-7H,1H3,(H,14,15)(H,12,13,16). The maximum atomic E-state index is 4.51. The summed E-state index contributed by atoms with van der Waals surface area (Å²) in [5.41, 5.74) is 1.02. The number of benzene rings is 1. The number of hydrogen-bond acceptors (Lipinski definition) is 5. The zero-order valence-electron chi connectivity index (χ0n) is 9.21. The van der Waals surface area contributed by atoms with E-state index in [4.69, 9.17) is 0 Å². The number of fused-ring (bicyclic) bond motifs is 1. The van der Waals surface area contributed by atoms with Crippen molar-refractivity contribution in [3.05, 3.63) is 36.4 Å². The Labute approximate surface area is 102 Å². The van der Waals surface area contributed by atoms with Crippen LogP contribution in [0.1, 0.15) is 18.8 Å². The van der Waals surface area contributed by atoms with Gasteiger partial charge in [-0.25, -0.2) is 9.97 Å². The van der Waals surface area contributed by atoms with Crippen LogP contribution >= 0.6 is 11.3 Å². The van der Waals surface area contributed by atoms with Gasteiger partial charge in [0.15, 0.2) is 5.13 Å². The van der Waals surface area contributed by atoms with Crippen molar-refractivity contribution in [2.75, 3.05) is 5.32 Å². The Morgan fingerprint density at radius 3 is 3.00 bits per heavy atom. The van der Waals surface area contributed by atoms with Gasteiger partial charge in [-0.3, -0.25) is 5.10 Å². The largest absolute Gasteiger partial charge is 0.352 e. The van der Waals surface area contributed by atoms with Crippen LogP contribution in [0.3, 0.4) is 0 Å². The van der Waals surface area contributed by atoms with E-state index in [0.717, 1.165) is 16.5 Å². The van der Waals surface area contributed by atoms with E-state index in [1.165, 1.54) is 11.0 Å². The van der Waals surface area contributed by atoms with Crippen molar-refractivity contribution < 1.29 is 0 Å². The fraction of sp³-hybridized carbons (Fsp3) is 0.182. The molecule has 0 fully saturated rings. The van der Waals surface area contributed by atoms with Gasteiger partial charge in [0.2, 0.25) is 0 Å². The second-order valence-corrected chi connectivity index (χ2v) is 4.75. The van der Waals surface area contributed by atoms with Crippen LogP contribution in [0.4, 0.5) is 5.13 Å². The Kier molecular flexibility index (Phi) is 2.49. The van der Waals surface area contributed by atoms with Crippen molar-refractivity contribution in [3.8, 4) is 0 Å². The molecule has 0 aliphatic heterocycles. The summed E-state index contributed by atoms with van der Waals surface area (Å²) < 4.78 is 1.18. The van der Waals surface area contributed by atoms with E-state index in [-0.39, 0.29) is 6.04 Å². The number of anilines is 1. The van der Waals surface area contributed by atoms with Gasteiger partial charge < -0.3 is 5.32 Å². The molecule has 86 valence electrons. The third-order valence-electron chi connectivity index (χ3n) is 2.48.